The Labute approximate surface area is 125 Å². The molecule has 0 N–H and O–H groups in total. The maximum Gasteiger partial charge on any atom is 0.0472 e. The van der Waals surface area contributed by atoms with E-state index in [2.05, 4.69) is 85.4 Å². The van der Waals surface area contributed by atoms with E-state index < -0.39 is 0 Å². The van der Waals surface area contributed by atoms with E-state index in [9.17, 15) is 0 Å². The van der Waals surface area contributed by atoms with E-state index in [1.165, 1.54) is 28.1 Å². The number of para-hydroxylation sites is 1. The van der Waals surface area contributed by atoms with Crippen molar-refractivity contribution in [3.8, 4) is 0 Å². The van der Waals surface area contributed by atoms with Crippen molar-refractivity contribution in [2.45, 2.75) is 67.9 Å². The summed E-state index contributed by atoms with van der Waals surface area (Å²) in [5.74, 6) is 0.573. The fraction of sp³-hybridized carbons (Fsp3) is 0.579. The van der Waals surface area contributed by atoms with Gasteiger partial charge in [-0.15, -0.1) is 0 Å². The predicted octanol–water partition coefficient (Wildman–Crippen LogP) is 5.86. The second-order valence-electron chi connectivity index (χ2n) is 7.17. The molecule has 0 heterocycles. The first kappa shape index (κ1) is 16.8. The average molecular weight is 273 g/mol. The lowest BCUT2D eigenvalue weighted by molar-refractivity contribution is 0.532. The summed E-state index contributed by atoms with van der Waals surface area (Å²) in [5.41, 5.74) is 6.95. The molecule has 0 radical (unpaired) electrons. The predicted molar refractivity (Wildman–Crippen MR) is 91.4 cm³/mol. The lowest BCUT2D eigenvalue weighted by Crippen LogP contribution is -2.41. The molecular formula is C19H31N. The maximum atomic E-state index is 2.51. The van der Waals surface area contributed by atoms with Gasteiger partial charge in [-0.05, 0) is 65.5 Å². The van der Waals surface area contributed by atoms with E-state index in [1.807, 2.05) is 0 Å². The van der Waals surface area contributed by atoms with Gasteiger partial charge in [-0.1, -0.05) is 37.6 Å². The zero-order chi connectivity index (χ0) is 15.7. The molecule has 0 saturated heterocycles. The van der Waals surface area contributed by atoms with Crippen molar-refractivity contribution in [1.29, 1.82) is 0 Å². The highest BCUT2D eigenvalue weighted by Crippen LogP contribution is 2.35. The standard InChI is InChI=1S/C19H31N/c1-13(2)16(5)17(6)20(19(7,8)9)18-14(3)11-10-12-15(18)4/h10-13H,1-9H3. The molecule has 0 saturated carbocycles. The van der Waals surface area contributed by atoms with Gasteiger partial charge >= 0.3 is 0 Å². The molecule has 0 atom stereocenters. The smallest absolute Gasteiger partial charge is 0.0472 e. The number of hydrogen-bond acceptors (Lipinski definition) is 1. The molecule has 0 amide bonds. The SMILES string of the molecule is CC(=C(C)N(c1c(C)cccc1C)C(C)(C)C)C(C)C. The Bertz CT molecular complexity index is 481. The summed E-state index contributed by atoms with van der Waals surface area (Å²) in [7, 11) is 0. The Hall–Kier alpha value is -1.24. The molecule has 0 aliphatic rings. The summed E-state index contributed by atoms with van der Waals surface area (Å²) in [4.78, 5) is 2.51. The quantitative estimate of drug-likeness (QED) is 0.667. The van der Waals surface area contributed by atoms with Crippen LogP contribution >= 0.6 is 0 Å². The third-order valence-corrected chi connectivity index (χ3v) is 4.11. The van der Waals surface area contributed by atoms with Gasteiger partial charge in [0.1, 0.15) is 0 Å². The van der Waals surface area contributed by atoms with Crippen LogP contribution in [0.4, 0.5) is 5.69 Å². The molecular weight excluding hydrogens is 242 g/mol. The minimum atomic E-state index is 0.0666. The summed E-state index contributed by atoms with van der Waals surface area (Å²) in [5, 5.41) is 0. The van der Waals surface area contributed by atoms with E-state index >= 15 is 0 Å². The van der Waals surface area contributed by atoms with Crippen molar-refractivity contribution in [2.24, 2.45) is 5.92 Å². The zero-order valence-corrected chi connectivity index (χ0v) is 14.8. The van der Waals surface area contributed by atoms with E-state index in [4.69, 9.17) is 0 Å². The second-order valence-corrected chi connectivity index (χ2v) is 7.17. The van der Waals surface area contributed by atoms with Crippen LogP contribution in [0, 0.1) is 19.8 Å². The molecule has 0 bridgehead atoms. The fourth-order valence-corrected chi connectivity index (χ4v) is 2.76. The van der Waals surface area contributed by atoms with Gasteiger partial charge in [0.25, 0.3) is 0 Å². The largest absolute Gasteiger partial charge is 0.340 e. The number of hydrogen-bond donors (Lipinski definition) is 0. The van der Waals surface area contributed by atoms with Crippen molar-refractivity contribution >= 4 is 5.69 Å². The molecule has 0 spiro atoms. The summed E-state index contributed by atoms with van der Waals surface area (Å²) in [6.07, 6.45) is 0. The minimum absolute atomic E-state index is 0.0666. The van der Waals surface area contributed by atoms with Crippen molar-refractivity contribution in [3.05, 3.63) is 40.6 Å². The van der Waals surface area contributed by atoms with Crippen molar-refractivity contribution in [3.63, 3.8) is 0 Å². The first-order valence-electron chi connectivity index (χ1n) is 7.61. The van der Waals surface area contributed by atoms with Crippen LogP contribution in [-0.4, -0.2) is 5.54 Å². The zero-order valence-electron chi connectivity index (χ0n) is 14.8. The van der Waals surface area contributed by atoms with Crippen LogP contribution in [0.15, 0.2) is 29.5 Å². The van der Waals surface area contributed by atoms with E-state index in [0.29, 0.717) is 5.92 Å². The molecule has 1 aromatic carbocycles. The third-order valence-electron chi connectivity index (χ3n) is 4.11. The van der Waals surface area contributed by atoms with Gasteiger partial charge in [-0.25, -0.2) is 0 Å². The molecule has 0 unspecified atom stereocenters. The van der Waals surface area contributed by atoms with Crippen LogP contribution in [0.3, 0.4) is 0 Å². The monoisotopic (exact) mass is 273 g/mol. The molecule has 20 heavy (non-hydrogen) atoms. The lowest BCUT2D eigenvalue weighted by atomic mass is 9.95. The van der Waals surface area contributed by atoms with Crippen LogP contribution < -0.4 is 4.90 Å². The van der Waals surface area contributed by atoms with Gasteiger partial charge < -0.3 is 4.90 Å². The Balaban J connectivity index is 3.55. The first-order valence-corrected chi connectivity index (χ1v) is 7.61. The number of benzene rings is 1. The highest BCUT2D eigenvalue weighted by atomic mass is 15.2. The van der Waals surface area contributed by atoms with E-state index in [-0.39, 0.29) is 5.54 Å². The van der Waals surface area contributed by atoms with Gasteiger partial charge in [-0.3, -0.25) is 0 Å². The van der Waals surface area contributed by atoms with Crippen molar-refractivity contribution in [1.82, 2.24) is 0 Å². The summed E-state index contributed by atoms with van der Waals surface area (Å²) < 4.78 is 0. The van der Waals surface area contributed by atoms with E-state index in [0.717, 1.165) is 0 Å². The van der Waals surface area contributed by atoms with Crippen LogP contribution in [0.1, 0.15) is 59.6 Å². The Morgan fingerprint density at radius 2 is 1.45 bits per heavy atom. The summed E-state index contributed by atoms with van der Waals surface area (Å²) in [6, 6.07) is 6.56. The van der Waals surface area contributed by atoms with E-state index in [1.54, 1.807) is 0 Å². The van der Waals surface area contributed by atoms with Crippen LogP contribution in [-0.2, 0) is 0 Å². The maximum absolute atomic E-state index is 2.51. The molecule has 1 heteroatoms. The Kier molecular flexibility index (Phi) is 5.07. The van der Waals surface area contributed by atoms with Gasteiger partial charge in [0.05, 0.1) is 0 Å². The highest BCUT2D eigenvalue weighted by Gasteiger charge is 2.27. The number of rotatable bonds is 3. The summed E-state index contributed by atoms with van der Waals surface area (Å²) >= 11 is 0. The van der Waals surface area contributed by atoms with Gasteiger partial charge in [-0.2, -0.15) is 0 Å². The van der Waals surface area contributed by atoms with Crippen molar-refractivity contribution in [2.75, 3.05) is 4.90 Å². The molecule has 0 aromatic heterocycles. The van der Waals surface area contributed by atoms with Crippen LogP contribution in [0.2, 0.25) is 0 Å². The average Bonchev–Trinajstić information content (AvgIpc) is 2.30. The normalized spacial score (nSPS) is 13.5. The highest BCUT2D eigenvalue weighted by molar-refractivity contribution is 5.64. The van der Waals surface area contributed by atoms with Gasteiger partial charge in [0.15, 0.2) is 0 Å². The topological polar surface area (TPSA) is 3.24 Å². The molecule has 1 rings (SSSR count). The van der Waals surface area contributed by atoms with Gasteiger partial charge in [0, 0.05) is 16.9 Å². The van der Waals surface area contributed by atoms with Crippen LogP contribution in [0.25, 0.3) is 0 Å². The molecule has 112 valence electrons. The number of aryl methyl sites for hydroxylation is 2. The molecule has 0 fully saturated rings. The number of anilines is 1. The molecule has 0 aliphatic heterocycles. The number of nitrogens with zero attached hydrogens (tertiary/aromatic N) is 1. The third kappa shape index (κ3) is 3.45. The molecule has 1 nitrogen and oxygen atoms in total. The van der Waals surface area contributed by atoms with Gasteiger partial charge in [0.2, 0.25) is 0 Å². The first-order chi connectivity index (χ1) is 9.07. The van der Waals surface area contributed by atoms with Crippen molar-refractivity contribution < 1.29 is 0 Å². The lowest BCUT2D eigenvalue weighted by Gasteiger charge is -2.41. The number of allylic oxidation sites excluding steroid dienone is 2. The van der Waals surface area contributed by atoms with Crippen LogP contribution in [0.5, 0.6) is 0 Å². The molecule has 1 aromatic rings. The molecule has 0 aliphatic carbocycles. The Morgan fingerprint density at radius 1 is 1.00 bits per heavy atom. The minimum Gasteiger partial charge on any atom is -0.340 e. The second kappa shape index (κ2) is 6.03. The fourth-order valence-electron chi connectivity index (χ4n) is 2.76. The summed E-state index contributed by atoms with van der Waals surface area (Å²) in [6.45, 7) is 20.3. The Morgan fingerprint density at radius 3 is 1.80 bits per heavy atom.